The van der Waals surface area contributed by atoms with E-state index in [0.29, 0.717) is 18.8 Å². The van der Waals surface area contributed by atoms with Gasteiger partial charge >= 0.3 is 0 Å². The molecule has 1 aliphatic heterocycles. The van der Waals surface area contributed by atoms with Crippen molar-refractivity contribution < 1.29 is 14.6 Å². The summed E-state index contributed by atoms with van der Waals surface area (Å²) in [7, 11) is 0. The number of anilines is 1. The van der Waals surface area contributed by atoms with Gasteiger partial charge in [0.2, 0.25) is 0 Å². The lowest BCUT2D eigenvalue weighted by atomic mass is 10.1. The van der Waals surface area contributed by atoms with Crippen LogP contribution >= 0.6 is 0 Å². The minimum Gasteiger partial charge on any atom is -0.394 e. The van der Waals surface area contributed by atoms with Crippen molar-refractivity contribution in [3.05, 3.63) is 23.9 Å². The van der Waals surface area contributed by atoms with Crippen LogP contribution in [0.4, 0.5) is 5.82 Å². The molecule has 2 N–H and O–H groups in total. The first-order chi connectivity index (χ1) is 9.52. The SMILES string of the molecule is CC(C)(CO)NC(=O)c1ccc(N2CCOCC2)nc1. The number of nitrogens with zero attached hydrogens (tertiary/aromatic N) is 2. The first-order valence-electron chi connectivity index (χ1n) is 6.74. The molecule has 0 radical (unpaired) electrons. The molecule has 0 atom stereocenters. The van der Waals surface area contributed by atoms with E-state index in [1.54, 1.807) is 26.1 Å². The van der Waals surface area contributed by atoms with E-state index < -0.39 is 5.54 Å². The molecule has 1 saturated heterocycles. The average Bonchev–Trinajstić information content (AvgIpc) is 2.48. The zero-order valence-corrected chi connectivity index (χ0v) is 11.9. The average molecular weight is 279 g/mol. The van der Waals surface area contributed by atoms with Gasteiger partial charge in [-0.15, -0.1) is 0 Å². The maximum Gasteiger partial charge on any atom is 0.253 e. The van der Waals surface area contributed by atoms with Crippen LogP contribution in [-0.2, 0) is 4.74 Å². The number of aliphatic hydroxyl groups is 1. The lowest BCUT2D eigenvalue weighted by Gasteiger charge is -2.28. The molecule has 2 rings (SSSR count). The highest BCUT2D eigenvalue weighted by atomic mass is 16.5. The van der Waals surface area contributed by atoms with Crippen LogP contribution in [0.5, 0.6) is 0 Å². The number of aromatic nitrogens is 1. The molecule has 0 spiro atoms. The van der Waals surface area contributed by atoms with Gasteiger partial charge < -0.3 is 20.1 Å². The number of nitrogens with one attached hydrogen (secondary N) is 1. The highest BCUT2D eigenvalue weighted by Crippen LogP contribution is 2.13. The van der Waals surface area contributed by atoms with E-state index in [9.17, 15) is 4.79 Å². The Morgan fingerprint density at radius 3 is 2.70 bits per heavy atom. The van der Waals surface area contributed by atoms with E-state index in [2.05, 4.69) is 15.2 Å². The monoisotopic (exact) mass is 279 g/mol. The molecule has 0 unspecified atom stereocenters. The zero-order chi connectivity index (χ0) is 14.6. The van der Waals surface area contributed by atoms with Gasteiger partial charge in [0, 0.05) is 19.3 Å². The Labute approximate surface area is 118 Å². The predicted octanol–water partition coefficient (Wildman–Crippen LogP) is 0.419. The number of carbonyl (C=O) groups is 1. The Bertz CT molecular complexity index is 453. The van der Waals surface area contributed by atoms with Crippen molar-refractivity contribution in [2.24, 2.45) is 0 Å². The molecular weight excluding hydrogens is 258 g/mol. The number of aliphatic hydroxyl groups excluding tert-OH is 1. The summed E-state index contributed by atoms with van der Waals surface area (Å²) >= 11 is 0. The lowest BCUT2D eigenvalue weighted by molar-refractivity contribution is 0.0869. The highest BCUT2D eigenvalue weighted by Gasteiger charge is 2.20. The molecule has 0 aromatic carbocycles. The molecule has 0 aliphatic carbocycles. The molecule has 1 amide bonds. The smallest absolute Gasteiger partial charge is 0.253 e. The summed E-state index contributed by atoms with van der Waals surface area (Å²) in [5.41, 5.74) is -0.150. The maximum atomic E-state index is 12.0. The second-order valence-corrected chi connectivity index (χ2v) is 5.50. The first-order valence-corrected chi connectivity index (χ1v) is 6.74. The van der Waals surface area contributed by atoms with Gasteiger partial charge in [-0.25, -0.2) is 4.98 Å². The largest absolute Gasteiger partial charge is 0.394 e. The number of ether oxygens (including phenoxy) is 1. The van der Waals surface area contributed by atoms with Gasteiger partial charge in [0.05, 0.1) is 30.9 Å². The van der Waals surface area contributed by atoms with E-state index in [4.69, 9.17) is 9.84 Å². The lowest BCUT2D eigenvalue weighted by Crippen LogP contribution is -2.46. The molecule has 6 nitrogen and oxygen atoms in total. The van der Waals surface area contributed by atoms with Gasteiger partial charge in [0.25, 0.3) is 5.91 Å². The fourth-order valence-corrected chi connectivity index (χ4v) is 1.92. The van der Waals surface area contributed by atoms with Crippen molar-refractivity contribution >= 4 is 11.7 Å². The summed E-state index contributed by atoms with van der Waals surface area (Å²) in [6, 6.07) is 3.59. The molecule has 110 valence electrons. The van der Waals surface area contributed by atoms with E-state index in [-0.39, 0.29) is 12.5 Å². The maximum absolute atomic E-state index is 12.0. The first kappa shape index (κ1) is 14.7. The van der Waals surface area contributed by atoms with Crippen LogP contribution in [0.2, 0.25) is 0 Å². The molecule has 20 heavy (non-hydrogen) atoms. The summed E-state index contributed by atoms with van der Waals surface area (Å²) in [5, 5.41) is 11.9. The van der Waals surface area contributed by atoms with E-state index in [0.717, 1.165) is 18.9 Å². The van der Waals surface area contributed by atoms with Crippen molar-refractivity contribution in [2.45, 2.75) is 19.4 Å². The Hall–Kier alpha value is -1.66. The molecule has 0 bridgehead atoms. The summed E-state index contributed by atoms with van der Waals surface area (Å²) in [6.45, 7) is 6.45. The zero-order valence-electron chi connectivity index (χ0n) is 11.9. The highest BCUT2D eigenvalue weighted by molar-refractivity contribution is 5.94. The minimum absolute atomic E-state index is 0.113. The van der Waals surface area contributed by atoms with Crippen LogP contribution in [0, 0.1) is 0 Å². The van der Waals surface area contributed by atoms with Crippen LogP contribution in [0.1, 0.15) is 24.2 Å². The second kappa shape index (κ2) is 6.19. The van der Waals surface area contributed by atoms with Crippen LogP contribution in [0.3, 0.4) is 0 Å². The summed E-state index contributed by atoms with van der Waals surface area (Å²) in [6.07, 6.45) is 1.56. The van der Waals surface area contributed by atoms with Gasteiger partial charge in [-0.1, -0.05) is 0 Å². The summed E-state index contributed by atoms with van der Waals surface area (Å²) in [4.78, 5) is 18.5. The Morgan fingerprint density at radius 2 is 2.15 bits per heavy atom. The molecule has 1 aliphatic rings. The fraction of sp³-hybridized carbons (Fsp3) is 0.571. The number of carbonyl (C=O) groups excluding carboxylic acids is 1. The third-order valence-corrected chi connectivity index (χ3v) is 3.19. The Morgan fingerprint density at radius 1 is 1.45 bits per heavy atom. The van der Waals surface area contributed by atoms with Gasteiger partial charge in [-0.3, -0.25) is 4.79 Å². The van der Waals surface area contributed by atoms with Gasteiger partial charge in [0.15, 0.2) is 0 Å². The minimum atomic E-state index is -0.639. The Kier molecular flexibility index (Phi) is 4.57. The number of hydrogen-bond donors (Lipinski definition) is 2. The molecule has 1 aromatic rings. The number of hydrogen-bond acceptors (Lipinski definition) is 5. The van der Waals surface area contributed by atoms with E-state index in [1.165, 1.54) is 0 Å². The van der Waals surface area contributed by atoms with Crippen LogP contribution in [-0.4, -0.2) is 54.4 Å². The third-order valence-electron chi connectivity index (χ3n) is 3.19. The number of amides is 1. The normalized spacial score (nSPS) is 16.1. The van der Waals surface area contributed by atoms with Crippen molar-refractivity contribution in [3.63, 3.8) is 0 Å². The third kappa shape index (κ3) is 3.68. The van der Waals surface area contributed by atoms with Gasteiger partial charge in [-0.2, -0.15) is 0 Å². The number of rotatable bonds is 4. The van der Waals surface area contributed by atoms with Crippen molar-refractivity contribution in [1.82, 2.24) is 10.3 Å². The molecule has 1 fully saturated rings. The number of morpholine rings is 1. The molecule has 6 heteroatoms. The van der Waals surface area contributed by atoms with Gasteiger partial charge in [-0.05, 0) is 26.0 Å². The van der Waals surface area contributed by atoms with Crippen LogP contribution in [0.25, 0.3) is 0 Å². The van der Waals surface area contributed by atoms with Crippen molar-refractivity contribution in [1.29, 1.82) is 0 Å². The van der Waals surface area contributed by atoms with Crippen molar-refractivity contribution in [3.8, 4) is 0 Å². The van der Waals surface area contributed by atoms with Gasteiger partial charge in [0.1, 0.15) is 5.82 Å². The second-order valence-electron chi connectivity index (χ2n) is 5.50. The quantitative estimate of drug-likeness (QED) is 0.835. The molecular formula is C14H21N3O3. The fourth-order valence-electron chi connectivity index (χ4n) is 1.92. The van der Waals surface area contributed by atoms with E-state index >= 15 is 0 Å². The molecule has 1 aromatic heterocycles. The number of pyridine rings is 1. The standard InChI is InChI=1S/C14H21N3O3/c1-14(2,10-18)16-13(19)11-3-4-12(15-9-11)17-5-7-20-8-6-17/h3-4,9,18H,5-8,10H2,1-2H3,(H,16,19). The summed E-state index contributed by atoms with van der Waals surface area (Å²) in [5.74, 6) is 0.622. The Balaban J connectivity index is 2.02. The summed E-state index contributed by atoms with van der Waals surface area (Å²) < 4.78 is 5.29. The molecule has 0 saturated carbocycles. The van der Waals surface area contributed by atoms with Crippen molar-refractivity contribution in [2.75, 3.05) is 37.8 Å². The molecule has 2 heterocycles. The van der Waals surface area contributed by atoms with Crippen LogP contribution < -0.4 is 10.2 Å². The topological polar surface area (TPSA) is 74.7 Å². The predicted molar refractivity (Wildman–Crippen MR) is 75.9 cm³/mol. The van der Waals surface area contributed by atoms with E-state index in [1.807, 2.05) is 6.07 Å². The van der Waals surface area contributed by atoms with Crippen LogP contribution in [0.15, 0.2) is 18.3 Å².